The fourth-order valence-electron chi connectivity index (χ4n) is 2.77. The van der Waals surface area contributed by atoms with Gasteiger partial charge in [-0.2, -0.15) is 4.98 Å². The van der Waals surface area contributed by atoms with E-state index < -0.39 is 0 Å². The fraction of sp³-hybridized carbons (Fsp3) is 0.615. The molecule has 1 aromatic heterocycles. The second-order valence-electron chi connectivity index (χ2n) is 5.10. The third-order valence-corrected chi connectivity index (χ3v) is 4.25. The van der Waals surface area contributed by atoms with E-state index in [-0.39, 0.29) is 0 Å². The molecule has 2 fully saturated rings. The van der Waals surface area contributed by atoms with Crippen LogP contribution in [0.3, 0.4) is 0 Å². The van der Waals surface area contributed by atoms with Crippen LogP contribution in [0.4, 0.5) is 0 Å². The molecule has 1 aliphatic heterocycles. The highest BCUT2D eigenvalue weighted by molar-refractivity contribution is 6.31. The van der Waals surface area contributed by atoms with Crippen molar-refractivity contribution < 1.29 is 9.47 Å². The molecule has 2 aliphatic rings. The summed E-state index contributed by atoms with van der Waals surface area (Å²) in [7, 11) is 1.58. The lowest BCUT2D eigenvalue weighted by molar-refractivity contribution is 0.251. The molecule has 4 nitrogen and oxygen atoms in total. The Morgan fingerprint density at radius 3 is 3.00 bits per heavy atom. The van der Waals surface area contributed by atoms with Crippen LogP contribution in [-0.4, -0.2) is 30.8 Å². The van der Waals surface area contributed by atoms with E-state index in [9.17, 15) is 0 Å². The molecule has 18 heavy (non-hydrogen) atoms. The van der Waals surface area contributed by atoms with Crippen molar-refractivity contribution in [2.45, 2.75) is 25.4 Å². The van der Waals surface area contributed by atoms with Gasteiger partial charge in [-0.05, 0) is 24.3 Å². The predicted octanol–water partition coefficient (Wildman–Crippen LogP) is 2.12. The van der Waals surface area contributed by atoms with Gasteiger partial charge >= 0.3 is 0 Å². The van der Waals surface area contributed by atoms with Gasteiger partial charge in [-0.25, -0.2) is 0 Å². The Labute approximate surface area is 112 Å². The van der Waals surface area contributed by atoms with Gasteiger partial charge in [0, 0.05) is 18.2 Å². The molecule has 0 aromatic carbocycles. The van der Waals surface area contributed by atoms with Gasteiger partial charge in [0.2, 0.25) is 11.8 Å². The van der Waals surface area contributed by atoms with E-state index in [1.54, 1.807) is 19.2 Å². The van der Waals surface area contributed by atoms with Gasteiger partial charge < -0.3 is 14.8 Å². The minimum Gasteiger partial charge on any atom is -0.481 e. The summed E-state index contributed by atoms with van der Waals surface area (Å²) in [4.78, 5) is 4.19. The van der Waals surface area contributed by atoms with Crippen molar-refractivity contribution in [1.29, 1.82) is 0 Å². The second-order valence-corrected chi connectivity index (χ2v) is 5.51. The van der Waals surface area contributed by atoms with Gasteiger partial charge in [-0.15, -0.1) is 0 Å². The number of fused-ring (bicyclic) bond motifs is 1. The number of hydrogen-bond acceptors (Lipinski definition) is 4. The molecule has 0 spiro atoms. The molecule has 0 amide bonds. The van der Waals surface area contributed by atoms with Crippen molar-refractivity contribution in [3.05, 3.63) is 17.2 Å². The number of aromatic nitrogens is 1. The number of rotatable bonds is 4. The predicted molar refractivity (Wildman–Crippen MR) is 69.3 cm³/mol. The maximum Gasteiger partial charge on any atom is 0.235 e. The molecule has 98 valence electrons. The van der Waals surface area contributed by atoms with Gasteiger partial charge in [0.25, 0.3) is 0 Å². The first-order chi connectivity index (χ1) is 8.69. The van der Waals surface area contributed by atoms with Crippen molar-refractivity contribution >= 4 is 11.6 Å². The Kier molecular flexibility index (Phi) is 3.08. The molecule has 2 heterocycles. The fourth-order valence-corrected chi connectivity index (χ4v) is 2.93. The summed E-state index contributed by atoms with van der Waals surface area (Å²) in [6, 6.07) is 4.58. The molecule has 1 aromatic rings. The number of pyridine rings is 1. The summed E-state index contributed by atoms with van der Waals surface area (Å²) in [5.74, 6) is 2.64. The summed E-state index contributed by atoms with van der Waals surface area (Å²) in [6.45, 7) is 2.90. The minimum atomic E-state index is 0.417. The first-order valence-electron chi connectivity index (χ1n) is 6.28. The second kappa shape index (κ2) is 4.59. The van der Waals surface area contributed by atoms with E-state index in [4.69, 9.17) is 21.1 Å². The summed E-state index contributed by atoms with van der Waals surface area (Å²) in [5, 5.41) is 4.09. The van der Waals surface area contributed by atoms with E-state index >= 15 is 0 Å². The SMILES string of the molecule is COc1ccc(Cl)c(OCC2CC3C(N2)[C@@H]3C)n1. The smallest absolute Gasteiger partial charge is 0.235 e. The molecule has 0 bridgehead atoms. The van der Waals surface area contributed by atoms with E-state index in [2.05, 4.69) is 17.2 Å². The normalized spacial score (nSPS) is 33.1. The lowest BCUT2D eigenvalue weighted by Crippen LogP contribution is -2.33. The monoisotopic (exact) mass is 268 g/mol. The molecular formula is C13H17ClN2O2. The molecule has 3 unspecified atom stereocenters. The molecule has 1 N–H and O–H groups in total. The Morgan fingerprint density at radius 1 is 1.50 bits per heavy atom. The lowest BCUT2D eigenvalue weighted by atomic mass is 10.1. The highest BCUT2D eigenvalue weighted by Gasteiger charge is 2.53. The lowest BCUT2D eigenvalue weighted by Gasteiger charge is -2.15. The third-order valence-electron chi connectivity index (χ3n) is 3.97. The Balaban J connectivity index is 1.57. The average Bonchev–Trinajstić information content (AvgIpc) is 2.80. The maximum atomic E-state index is 6.04. The van der Waals surface area contributed by atoms with E-state index in [0.717, 1.165) is 11.8 Å². The molecule has 1 aliphatic carbocycles. The number of halogens is 1. The molecule has 0 radical (unpaired) electrons. The van der Waals surface area contributed by atoms with Crippen LogP contribution in [0.2, 0.25) is 5.02 Å². The zero-order valence-corrected chi connectivity index (χ0v) is 11.3. The summed E-state index contributed by atoms with van der Waals surface area (Å²) in [5.41, 5.74) is 0. The van der Waals surface area contributed by atoms with Crippen LogP contribution in [0.1, 0.15) is 13.3 Å². The zero-order chi connectivity index (χ0) is 12.7. The van der Waals surface area contributed by atoms with Gasteiger partial charge in [0.1, 0.15) is 11.6 Å². The number of hydrogen-bond donors (Lipinski definition) is 1. The number of piperidine rings is 1. The third kappa shape index (κ3) is 2.15. The van der Waals surface area contributed by atoms with Gasteiger partial charge in [0.05, 0.1) is 7.11 Å². The van der Waals surface area contributed by atoms with Crippen LogP contribution in [0.15, 0.2) is 12.1 Å². The van der Waals surface area contributed by atoms with E-state index in [1.165, 1.54) is 6.42 Å². The van der Waals surface area contributed by atoms with Crippen LogP contribution < -0.4 is 14.8 Å². The number of nitrogens with one attached hydrogen (secondary N) is 1. The molecule has 5 heteroatoms. The maximum absolute atomic E-state index is 6.04. The van der Waals surface area contributed by atoms with E-state index in [0.29, 0.717) is 35.5 Å². The molecule has 1 saturated carbocycles. The summed E-state index contributed by atoms with van der Waals surface area (Å²) in [6.07, 6.45) is 1.19. The topological polar surface area (TPSA) is 43.4 Å². The zero-order valence-electron chi connectivity index (χ0n) is 10.5. The van der Waals surface area contributed by atoms with Gasteiger partial charge in [-0.3, -0.25) is 0 Å². The van der Waals surface area contributed by atoms with Crippen molar-refractivity contribution in [2.24, 2.45) is 11.8 Å². The van der Waals surface area contributed by atoms with Crippen molar-refractivity contribution in [1.82, 2.24) is 10.3 Å². The largest absolute Gasteiger partial charge is 0.481 e. The Hall–Kier alpha value is -1.00. The first-order valence-corrected chi connectivity index (χ1v) is 6.66. The van der Waals surface area contributed by atoms with Gasteiger partial charge in [-0.1, -0.05) is 18.5 Å². The van der Waals surface area contributed by atoms with Crippen molar-refractivity contribution in [3.8, 4) is 11.8 Å². The van der Waals surface area contributed by atoms with Gasteiger partial charge in [0.15, 0.2) is 0 Å². The summed E-state index contributed by atoms with van der Waals surface area (Å²) < 4.78 is 10.7. The van der Waals surface area contributed by atoms with Crippen molar-refractivity contribution in [2.75, 3.05) is 13.7 Å². The highest BCUT2D eigenvalue weighted by Crippen LogP contribution is 2.47. The average molecular weight is 269 g/mol. The van der Waals surface area contributed by atoms with Crippen LogP contribution >= 0.6 is 11.6 Å². The van der Waals surface area contributed by atoms with Crippen molar-refractivity contribution in [3.63, 3.8) is 0 Å². The van der Waals surface area contributed by atoms with Crippen LogP contribution in [-0.2, 0) is 0 Å². The van der Waals surface area contributed by atoms with Crippen LogP contribution in [0, 0.1) is 11.8 Å². The first kappa shape index (κ1) is 12.1. The minimum absolute atomic E-state index is 0.417. The number of methoxy groups -OCH3 is 1. The standard InChI is InChI=1S/C13H17ClN2O2/c1-7-9-5-8(15-12(7)9)6-18-13-10(14)3-4-11(16-13)17-2/h3-4,7-9,12,15H,5-6H2,1-2H3/t7-,8?,9?,12?/m1/s1. The molecular weight excluding hydrogens is 252 g/mol. The molecule has 4 atom stereocenters. The Morgan fingerprint density at radius 2 is 2.33 bits per heavy atom. The molecule has 1 saturated heterocycles. The quantitative estimate of drug-likeness (QED) is 0.908. The van der Waals surface area contributed by atoms with E-state index in [1.807, 2.05) is 0 Å². The van der Waals surface area contributed by atoms with Crippen LogP contribution in [0.25, 0.3) is 0 Å². The highest BCUT2D eigenvalue weighted by atomic mass is 35.5. The molecule has 3 rings (SSSR count). The number of ether oxygens (including phenoxy) is 2. The Bertz CT molecular complexity index is 443. The number of nitrogens with zero attached hydrogens (tertiary/aromatic N) is 1. The summed E-state index contributed by atoms with van der Waals surface area (Å²) >= 11 is 6.04. The van der Waals surface area contributed by atoms with Crippen LogP contribution in [0.5, 0.6) is 11.8 Å².